The van der Waals surface area contributed by atoms with E-state index in [0.29, 0.717) is 0 Å². The van der Waals surface area contributed by atoms with E-state index in [0.717, 1.165) is 0 Å². The van der Waals surface area contributed by atoms with Gasteiger partial charge in [0, 0.05) is 0 Å². The monoisotopic (exact) mass is 324 g/mol. The first-order valence-electron chi connectivity index (χ1n) is 4.89. The van der Waals surface area contributed by atoms with E-state index in [9.17, 15) is 39.9 Å². The van der Waals surface area contributed by atoms with Crippen LogP contribution in [0.25, 0.3) is 0 Å². The number of hydrogen-bond donors (Lipinski definition) is 1. The van der Waals surface area contributed by atoms with Crippen LogP contribution < -0.4 is 4.74 Å². The van der Waals surface area contributed by atoms with Crippen molar-refractivity contribution in [2.45, 2.75) is 18.7 Å². The summed E-state index contributed by atoms with van der Waals surface area (Å²) >= 11 is 0. The fourth-order valence-electron chi connectivity index (χ4n) is 1.16. The van der Waals surface area contributed by atoms with E-state index in [-0.39, 0.29) is 6.07 Å². The second-order valence-corrected chi connectivity index (χ2v) is 3.58. The molecular formula is C10H4F8O3. The lowest BCUT2D eigenvalue weighted by Gasteiger charge is -2.18. The highest BCUT2D eigenvalue weighted by Gasteiger charge is 2.48. The fourth-order valence-corrected chi connectivity index (χ4v) is 1.16. The van der Waals surface area contributed by atoms with E-state index in [1.165, 1.54) is 0 Å². The van der Waals surface area contributed by atoms with Crippen molar-refractivity contribution >= 4 is 5.97 Å². The Balaban J connectivity index is 3.22. The summed E-state index contributed by atoms with van der Waals surface area (Å²) in [5.41, 5.74) is -1.53. The highest BCUT2D eigenvalue weighted by atomic mass is 19.4. The van der Waals surface area contributed by atoms with Gasteiger partial charge in [-0.05, 0) is 6.07 Å². The predicted molar refractivity (Wildman–Crippen MR) is 49.8 cm³/mol. The normalized spacial score (nSPS) is 14.7. The molecule has 0 spiro atoms. The Bertz CT molecular complexity index is 556. The van der Waals surface area contributed by atoms with Crippen molar-refractivity contribution in [1.29, 1.82) is 0 Å². The Morgan fingerprint density at radius 1 is 1.14 bits per heavy atom. The van der Waals surface area contributed by atoms with E-state index in [1.807, 2.05) is 0 Å². The number of benzene rings is 1. The maximum Gasteiger partial charge on any atom is 0.426 e. The molecular weight excluding hydrogens is 320 g/mol. The molecule has 0 heterocycles. The summed E-state index contributed by atoms with van der Waals surface area (Å²) < 4.78 is 104. The van der Waals surface area contributed by atoms with E-state index in [4.69, 9.17) is 5.11 Å². The molecule has 1 aromatic rings. The number of aromatic carboxylic acids is 1. The zero-order chi connectivity index (χ0) is 16.5. The molecule has 0 amide bonds. The molecule has 1 N–H and O–H groups in total. The van der Waals surface area contributed by atoms with Gasteiger partial charge in [0.2, 0.25) is 5.82 Å². The van der Waals surface area contributed by atoms with E-state index in [2.05, 4.69) is 4.74 Å². The number of ether oxygens (including phenoxy) is 1. The Kier molecular flexibility index (Phi) is 4.64. The molecule has 11 heteroatoms. The lowest BCUT2D eigenvalue weighted by Crippen LogP contribution is -2.37. The quantitative estimate of drug-likeness (QED) is 0.682. The molecule has 0 radical (unpaired) electrons. The molecule has 1 aromatic carbocycles. The van der Waals surface area contributed by atoms with Crippen molar-refractivity contribution in [3.05, 3.63) is 29.1 Å². The highest BCUT2D eigenvalue weighted by molar-refractivity contribution is 5.88. The topological polar surface area (TPSA) is 46.5 Å². The van der Waals surface area contributed by atoms with Crippen LogP contribution in [0, 0.1) is 17.5 Å². The summed E-state index contributed by atoms with van der Waals surface area (Å²) in [4.78, 5) is 10.5. The SMILES string of the molecule is O=C(O)c1cc(F)c(F)c(OC(F)C(F)C(F)(F)F)c1F. The number of rotatable bonds is 4. The zero-order valence-electron chi connectivity index (χ0n) is 9.52. The fraction of sp³-hybridized carbons (Fsp3) is 0.300. The van der Waals surface area contributed by atoms with Gasteiger partial charge in [0.25, 0.3) is 12.5 Å². The third-order valence-electron chi connectivity index (χ3n) is 2.12. The number of carboxylic acid groups (broad SMARTS) is 1. The Hall–Kier alpha value is -2.07. The van der Waals surface area contributed by atoms with Gasteiger partial charge < -0.3 is 9.84 Å². The van der Waals surface area contributed by atoms with Crippen molar-refractivity contribution in [2.75, 3.05) is 0 Å². The van der Waals surface area contributed by atoms with Crippen molar-refractivity contribution < 1.29 is 49.8 Å². The third kappa shape index (κ3) is 3.52. The number of hydrogen-bond acceptors (Lipinski definition) is 2. The molecule has 0 aliphatic carbocycles. The van der Waals surface area contributed by atoms with E-state index < -0.39 is 53.4 Å². The molecule has 0 aromatic heterocycles. The molecule has 118 valence electrons. The van der Waals surface area contributed by atoms with Crippen LogP contribution in [-0.4, -0.2) is 29.8 Å². The van der Waals surface area contributed by atoms with Gasteiger partial charge in [-0.25, -0.2) is 18.0 Å². The van der Waals surface area contributed by atoms with Gasteiger partial charge in [-0.3, -0.25) is 0 Å². The Morgan fingerprint density at radius 2 is 1.67 bits per heavy atom. The number of halogens is 8. The first-order valence-corrected chi connectivity index (χ1v) is 4.89. The molecule has 21 heavy (non-hydrogen) atoms. The van der Waals surface area contributed by atoms with E-state index in [1.54, 1.807) is 0 Å². The summed E-state index contributed by atoms with van der Waals surface area (Å²) in [7, 11) is 0. The van der Waals surface area contributed by atoms with Crippen LogP contribution in [0.1, 0.15) is 10.4 Å². The van der Waals surface area contributed by atoms with Gasteiger partial charge in [-0.1, -0.05) is 0 Å². The first kappa shape index (κ1) is 17.0. The molecule has 3 nitrogen and oxygen atoms in total. The van der Waals surface area contributed by atoms with Crippen molar-refractivity contribution in [2.24, 2.45) is 0 Å². The summed E-state index contributed by atoms with van der Waals surface area (Å²) in [5.74, 6) is -10.7. The largest absolute Gasteiger partial charge is 0.478 e. The van der Waals surface area contributed by atoms with Gasteiger partial charge in [-0.15, -0.1) is 0 Å². The lowest BCUT2D eigenvalue weighted by molar-refractivity contribution is -0.220. The van der Waals surface area contributed by atoms with Crippen molar-refractivity contribution in [3.63, 3.8) is 0 Å². The molecule has 2 unspecified atom stereocenters. The molecule has 0 aliphatic heterocycles. The maximum atomic E-state index is 13.4. The van der Waals surface area contributed by atoms with Crippen LogP contribution in [0.3, 0.4) is 0 Å². The second kappa shape index (κ2) is 5.74. The summed E-state index contributed by atoms with van der Waals surface area (Å²) in [6.45, 7) is 0. The molecule has 2 atom stereocenters. The zero-order valence-corrected chi connectivity index (χ0v) is 9.52. The maximum absolute atomic E-state index is 13.4. The molecule has 0 saturated heterocycles. The molecule has 1 rings (SSSR count). The van der Waals surface area contributed by atoms with Crippen molar-refractivity contribution in [3.8, 4) is 5.75 Å². The van der Waals surface area contributed by atoms with Crippen LogP contribution in [0.15, 0.2) is 6.07 Å². The summed E-state index contributed by atoms with van der Waals surface area (Å²) in [5, 5.41) is 8.45. The van der Waals surface area contributed by atoms with Crippen LogP contribution in [-0.2, 0) is 0 Å². The number of carboxylic acids is 1. The average Bonchev–Trinajstić information content (AvgIpc) is 2.36. The minimum absolute atomic E-state index is 0.135. The summed E-state index contributed by atoms with van der Waals surface area (Å²) in [6.07, 6.45) is -13.9. The lowest BCUT2D eigenvalue weighted by atomic mass is 10.2. The summed E-state index contributed by atoms with van der Waals surface area (Å²) in [6, 6.07) is -0.135. The van der Waals surface area contributed by atoms with Gasteiger partial charge in [0.1, 0.15) is 5.56 Å². The van der Waals surface area contributed by atoms with Gasteiger partial charge >= 0.3 is 12.1 Å². The third-order valence-corrected chi connectivity index (χ3v) is 2.12. The van der Waals surface area contributed by atoms with E-state index >= 15 is 0 Å². The Morgan fingerprint density at radius 3 is 2.10 bits per heavy atom. The smallest absolute Gasteiger partial charge is 0.426 e. The Labute approximate surface area is 110 Å². The standard InChI is InChI=1S/C10H4F8O3/c11-3-1-2(9(19)20)4(12)6(5(3)13)21-8(15)7(14)10(16,17)18/h1,7-8H,(H,19,20). The molecule has 0 saturated carbocycles. The van der Waals surface area contributed by atoms with Crippen LogP contribution in [0.5, 0.6) is 5.75 Å². The van der Waals surface area contributed by atoms with Gasteiger partial charge in [0.15, 0.2) is 17.4 Å². The van der Waals surface area contributed by atoms with Crippen LogP contribution in [0.2, 0.25) is 0 Å². The second-order valence-electron chi connectivity index (χ2n) is 3.58. The number of alkyl halides is 5. The van der Waals surface area contributed by atoms with Crippen LogP contribution in [0.4, 0.5) is 35.1 Å². The molecule has 0 bridgehead atoms. The van der Waals surface area contributed by atoms with Gasteiger partial charge in [0.05, 0.1) is 0 Å². The minimum Gasteiger partial charge on any atom is -0.478 e. The van der Waals surface area contributed by atoms with Crippen LogP contribution >= 0.6 is 0 Å². The minimum atomic E-state index is -5.74. The molecule has 0 aliphatic rings. The highest BCUT2D eigenvalue weighted by Crippen LogP contribution is 2.32. The van der Waals surface area contributed by atoms with Gasteiger partial charge in [-0.2, -0.15) is 22.0 Å². The first-order chi connectivity index (χ1) is 9.46. The number of carbonyl (C=O) groups is 1. The predicted octanol–water partition coefficient (Wildman–Crippen LogP) is 3.38. The van der Waals surface area contributed by atoms with Crippen molar-refractivity contribution in [1.82, 2.24) is 0 Å². The average molecular weight is 324 g/mol. The molecule has 0 fully saturated rings.